The highest BCUT2D eigenvalue weighted by Gasteiger charge is 2.53. The Labute approximate surface area is 226 Å². The Morgan fingerprint density at radius 1 is 1.03 bits per heavy atom. The van der Waals surface area contributed by atoms with Gasteiger partial charge in [0.15, 0.2) is 0 Å². The van der Waals surface area contributed by atoms with E-state index in [0.717, 1.165) is 18.6 Å². The van der Waals surface area contributed by atoms with E-state index in [1.165, 1.54) is 25.6 Å². The Morgan fingerprint density at radius 3 is 2.36 bits per heavy atom. The van der Waals surface area contributed by atoms with Gasteiger partial charge in [-0.15, -0.1) is 0 Å². The van der Waals surface area contributed by atoms with E-state index in [4.69, 9.17) is 0 Å². The number of alkyl halides is 3. The van der Waals surface area contributed by atoms with Crippen LogP contribution in [0.5, 0.6) is 0 Å². The topological polar surface area (TPSA) is 110 Å². The van der Waals surface area contributed by atoms with Gasteiger partial charge in [-0.3, -0.25) is 9.59 Å². The fourth-order valence-electron chi connectivity index (χ4n) is 6.50. The van der Waals surface area contributed by atoms with Crippen LogP contribution in [0.1, 0.15) is 56.1 Å². The highest BCUT2D eigenvalue weighted by atomic mass is 32.2. The molecule has 1 saturated carbocycles. The molecule has 3 atom stereocenters. The van der Waals surface area contributed by atoms with Gasteiger partial charge in [0.1, 0.15) is 6.04 Å². The minimum absolute atomic E-state index is 0.0410. The van der Waals surface area contributed by atoms with E-state index in [0.29, 0.717) is 70.3 Å². The van der Waals surface area contributed by atoms with Crippen molar-refractivity contribution in [2.24, 2.45) is 11.3 Å². The standard InChI is InChI=1S/C26H35F3N4O5S/c27-26(28,29)20-7-5-18(6-8-20)14-30-23(35)22-4-2-12-33(22)24(36)19-3-1-11-31(15-19)39(37,38)32-16-25(17-32)10-9-21(34)13-25/h5-8,19,21-22,34H,1-4,9-17H2,(H,30,35)/t19-,21-,22+/m0/s1. The lowest BCUT2D eigenvalue weighted by atomic mass is 9.80. The van der Waals surface area contributed by atoms with Crippen LogP contribution in [0, 0.1) is 11.3 Å². The molecule has 9 nitrogen and oxygen atoms in total. The predicted molar refractivity (Wildman–Crippen MR) is 135 cm³/mol. The molecule has 0 aromatic heterocycles. The van der Waals surface area contributed by atoms with E-state index in [2.05, 4.69) is 5.32 Å². The Kier molecular flexibility index (Phi) is 7.72. The maximum atomic E-state index is 13.5. The number of aliphatic hydroxyl groups excluding tert-OH is 1. The molecule has 0 bridgehead atoms. The van der Waals surface area contributed by atoms with E-state index < -0.39 is 33.9 Å². The molecule has 3 saturated heterocycles. The van der Waals surface area contributed by atoms with Crippen molar-refractivity contribution in [1.29, 1.82) is 0 Å². The maximum absolute atomic E-state index is 13.5. The van der Waals surface area contributed by atoms with Gasteiger partial charge in [-0.2, -0.15) is 30.2 Å². The van der Waals surface area contributed by atoms with Gasteiger partial charge in [0.25, 0.3) is 10.2 Å². The Morgan fingerprint density at radius 2 is 1.72 bits per heavy atom. The Hall–Kier alpha value is -2.22. The van der Waals surface area contributed by atoms with Gasteiger partial charge in [-0.25, -0.2) is 0 Å². The first-order chi connectivity index (χ1) is 18.4. The van der Waals surface area contributed by atoms with Gasteiger partial charge in [-0.1, -0.05) is 12.1 Å². The summed E-state index contributed by atoms with van der Waals surface area (Å²) < 4.78 is 67.7. The second kappa shape index (κ2) is 10.6. The van der Waals surface area contributed by atoms with Gasteiger partial charge in [-0.05, 0) is 62.6 Å². The van der Waals surface area contributed by atoms with E-state index in [1.807, 2.05) is 0 Å². The zero-order chi connectivity index (χ0) is 28.0. The largest absolute Gasteiger partial charge is 0.416 e. The summed E-state index contributed by atoms with van der Waals surface area (Å²) in [4.78, 5) is 27.9. The second-order valence-electron chi connectivity index (χ2n) is 11.5. The lowest BCUT2D eigenvalue weighted by Crippen LogP contribution is -2.62. The van der Waals surface area contributed by atoms with Crippen molar-refractivity contribution in [2.75, 3.05) is 32.7 Å². The summed E-state index contributed by atoms with van der Waals surface area (Å²) in [6, 6.07) is 3.86. The summed E-state index contributed by atoms with van der Waals surface area (Å²) in [5, 5.41) is 12.6. The average Bonchev–Trinajstić information content (AvgIpc) is 3.53. The molecule has 1 aromatic rings. The van der Waals surface area contributed by atoms with Crippen molar-refractivity contribution in [1.82, 2.24) is 18.8 Å². The molecule has 4 fully saturated rings. The quantitative estimate of drug-likeness (QED) is 0.543. The van der Waals surface area contributed by atoms with Crippen LogP contribution in [0.3, 0.4) is 0 Å². The van der Waals surface area contributed by atoms with E-state index in [1.54, 1.807) is 0 Å². The number of piperidine rings is 1. The minimum Gasteiger partial charge on any atom is -0.393 e. The van der Waals surface area contributed by atoms with Crippen molar-refractivity contribution in [2.45, 2.75) is 69.8 Å². The summed E-state index contributed by atoms with van der Waals surface area (Å²) >= 11 is 0. The lowest BCUT2D eigenvalue weighted by molar-refractivity contribution is -0.142. The van der Waals surface area contributed by atoms with Crippen molar-refractivity contribution in [3.05, 3.63) is 35.4 Å². The predicted octanol–water partition coefficient (Wildman–Crippen LogP) is 2.12. The third-order valence-electron chi connectivity index (χ3n) is 8.67. The number of rotatable bonds is 6. The lowest BCUT2D eigenvalue weighted by Gasteiger charge is -2.49. The molecule has 3 aliphatic heterocycles. The maximum Gasteiger partial charge on any atom is 0.416 e. The van der Waals surface area contributed by atoms with Gasteiger partial charge >= 0.3 is 6.18 Å². The van der Waals surface area contributed by atoms with Crippen LogP contribution >= 0.6 is 0 Å². The number of hydrogen-bond donors (Lipinski definition) is 2. The molecule has 4 aliphatic rings. The van der Waals surface area contributed by atoms with Crippen LogP contribution in [0.15, 0.2) is 24.3 Å². The SMILES string of the molecule is O=C(NCc1ccc(C(F)(F)F)cc1)[C@H]1CCCN1C(=O)[C@H]1CCCN(S(=O)(=O)N2CC3(CC[C@H](O)C3)C2)C1. The van der Waals surface area contributed by atoms with Gasteiger partial charge in [0, 0.05) is 44.7 Å². The normalized spacial score (nSPS) is 28.0. The summed E-state index contributed by atoms with van der Waals surface area (Å²) in [7, 11) is -3.71. The number of benzene rings is 1. The molecule has 1 aromatic carbocycles. The zero-order valence-electron chi connectivity index (χ0n) is 21.7. The minimum atomic E-state index is -4.43. The first kappa shape index (κ1) is 28.3. The number of nitrogens with zero attached hydrogens (tertiary/aromatic N) is 3. The third kappa shape index (κ3) is 5.82. The number of likely N-dealkylation sites (tertiary alicyclic amines) is 1. The van der Waals surface area contributed by atoms with Crippen molar-refractivity contribution in [3.63, 3.8) is 0 Å². The fraction of sp³-hybridized carbons (Fsp3) is 0.692. The second-order valence-corrected chi connectivity index (χ2v) is 13.4. The van der Waals surface area contributed by atoms with Crippen LogP contribution in [0.2, 0.25) is 0 Å². The van der Waals surface area contributed by atoms with Gasteiger partial charge in [0.05, 0.1) is 17.6 Å². The van der Waals surface area contributed by atoms with Crippen molar-refractivity contribution in [3.8, 4) is 0 Å². The van der Waals surface area contributed by atoms with Crippen molar-refractivity contribution >= 4 is 22.0 Å². The van der Waals surface area contributed by atoms with Crippen LogP contribution in [0.4, 0.5) is 13.2 Å². The molecule has 1 spiro atoms. The first-order valence-corrected chi connectivity index (χ1v) is 15.0. The monoisotopic (exact) mass is 572 g/mol. The number of halogens is 3. The van der Waals surface area contributed by atoms with Gasteiger partial charge < -0.3 is 15.3 Å². The molecule has 2 N–H and O–H groups in total. The summed E-state index contributed by atoms with van der Waals surface area (Å²) in [5.41, 5.74) is -0.381. The number of aliphatic hydroxyl groups is 1. The zero-order valence-corrected chi connectivity index (χ0v) is 22.5. The molecule has 0 radical (unpaired) electrons. The molecule has 39 heavy (non-hydrogen) atoms. The smallest absolute Gasteiger partial charge is 0.393 e. The summed E-state index contributed by atoms with van der Waals surface area (Å²) in [6.45, 7) is 1.65. The van der Waals surface area contributed by atoms with E-state index in [9.17, 15) is 36.3 Å². The molecule has 216 valence electrons. The molecule has 13 heteroatoms. The molecule has 0 unspecified atom stereocenters. The van der Waals surface area contributed by atoms with E-state index >= 15 is 0 Å². The van der Waals surface area contributed by atoms with Crippen LogP contribution in [-0.2, 0) is 32.5 Å². The molecular weight excluding hydrogens is 537 g/mol. The number of nitrogens with one attached hydrogen (secondary N) is 1. The third-order valence-corrected chi connectivity index (χ3v) is 10.6. The number of carbonyl (C=O) groups excluding carboxylic acids is 2. The fourth-order valence-corrected chi connectivity index (χ4v) is 8.43. The molecule has 1 aliphatic carbocycles. The number of amides is 2. The van der Waals surface area contributed by atoms with E-state index in [-0.39, 0.29) is 36.4 Å². The van der Waals surface area contributed by atoms with Crippen LogP contribution < -0.4 is 5.32 Å². The van der Waals surface area contributed by atoms with Gasteiger partial charge in [0.2, 0.25) is 11.8 Å². The number of carbonyl (C=O) groups is 2. The summed E-state index contributed by atoms with van der Waals surface area (Å²) in [5.74, 6) is -1.15. The Bertz CT molecular complexity index is 1190. The van der Waals surface area contributed by atoms with Crippen LogP contribution in [-0.4, -0.2) is 83.7 Å². The number of hydrogen-bond acceptors (Lipinski definition) is 5. The first-order valence-electron chi connectivity index (χ1n) is 13.6. The Balaban J connectivity index is 1.16. The molecule has 2 amide bonds. The molecular formula is C26H35F3N4O5S. The average molecular weight is 573 g/mol. The highest BCUT2D eigenvalue weighted by Crippen LogP contribution is 2.47. The highest BCUT2D eigenvalue weighted by molar-refractivity contribution is 7.86. The van der Waals surface area contributed by atoms with Crippen LogP contribution in [0.25, 0.3) is 0 Å². The van der Waals surface area contributed by atoms with Crippen molar-refractivity contribution < 1.29 is 36.3 Å². The summed E-state index contributed by atoms with van der Waals surface area (Å²) in [6.07, 6.45) is -0.464. The molecule has 3 heterocycles. The molecule has 5 rings (SSSR count).